The van der Waals surface area contributed by atoms with E-state index in [2.05, 4.69) is 22.1 Å². The zero-order chi connectivity index (χ0) is 21.1. The predicted molar refractivity (Wildman–Crippen MR) is 117 cm³/mol. The van der Waals surface area contributed by atoms with Gasteiger partial charge in [-0.25, -0.2) is 4.98 Å². The van der Waals surface area contributed by atoms with Crippen LogP contribution in [-0.2, 0) is 17.0 Å². The van der Waals surface area contributed by atoms with Crippen molar-refractivity contribution in [1.29, 1.82) is 0 Å². The number of nitrogens with zero attached hydrogens (tertiary/aromatic N) is 4. The van der Waals surface area contributed by atoms with Gasteiger partial charge in [-0.2, -0.15) is 0 Å². The molecule has 4 rings (SSSR count). The fourth-order valence-electron chi connectivity index (χ4n) is 3.02. The van der Waals surface area contributed by atoms with Crippen molar-refractivity contribution in [1.82, 2.24) is 15.2 Å². The van der Waals surface area contributed by atoms with Gasteiger partial charge in [-0.15, -0.1) is 21.5 Å². The van der Waals surface area contributed by atoms with Crippen molar-refractivity contribution in [3.63, 3.8) is 0 Å². The quantitative estimate of drug-likeness (QED) is 0.344. The van der Waals surface area contributed by atoms with Crippen LogP contribution in [0.25, 0.3) is 11.5 Å². The monoisotopic (exact) mass is 440 g/mol. The van der Waals surface area contributed by atoms with E-state index in [9.17, 15) is 4.79 Å². The summed E-state index contributed by atoms with van der Waals surface area (Å²) in [5.74, 6) is 1.66. The van der Waals surface area contributed by atoms with Crippen molar-refractivity contribution in [2.75, 3.05) is 4.90 Å². The van der Waals surface area contributed by atoms with Gasteiger partial charge in [0, 0.05) is 18.1 Å². The third-order valence-electron chi connectivity index (χ3n) is 4.50. The summed E-state index contributed by atoms with van der Waals surface area (Å²) in [5.41, 5.74) is 3.61. The average molecular weight is 441 g/mol. The Morgan fingerprint density at radius 3 is 2.80 bits per heavy atom. The minimum Gasteiger partial charge on any atom is -0.469 e. The number of thiazole rings is 1. The first-order chi connectivity index (χ1) is 14.6. The molecule has 1 amide bonds. The Hall–Kier alpha value is -2.91. The van der Waals surface area contributed by atoms with Crippen LogP contribution < -0.4 is 4.90 Å². The zero-order valence-corrected chi connectivity index (χ0v) is 18.4. The molecule has 9 heteroatoms. The van der Waals surface area contributed by atoms with Gasteiger partial charge in [0.2, 0.25) is 5.91 Å². The molecule has 3 heterocycles. The summed E-state index contributed by atoms with van der Waals surface area (Å²) >= 11 is 2.85. The SMILES string of the molecule is CCc1ccccc1N(C(C)=O)c1nc(CSc2nnc(-c3ccoc3C)o2)cs1. The van der Waals surface area contributed by atoms with E-state index in [4.69, 9.17) is 8.83 Å². The number of para-hydroxylation sites is 1. The molecule has 3 aromatic heterocycles. The van der Waals surface area contributed by atoms with E-state index in [0.29, 0.717) is 22.0 Å². The molecule has 0 fully saturated rings. The lowest BCUT2D eigenvalue weighted by molar-refractivity contribution is -0.115. The number of carbonyl (C=O) groups excluding carboxylic acids is 1. The van der Waals surface area contributed by atoms with Crippen molar-refractivity contribution in [2.24, 2.45) is 0 Å². The summed E-state index contributed by atoms with van der Waals surface area (Å²) in [4.78, 5) is 18.7. The summed E-state index contributed by atoms with van der Waals surface area (Å²) in [6, 6.07) is 9.70. The number of hydrogen-bond acceptors (Lipinski definition) is 8. The highest BCUT2D eigenvalue weighted by Crippen LogP contribution is 2.33. The Morgan fingerprint density at radius 2 is 2.07 bits per heavy atom. The summed E-state index contributed by atoms with van der Waals surface area (Å²) in [5, 5.41) is 11.2. The van der Waals surface area contributed by atoms with Gasteiger partial charge >= 0.3 is 0 Å². The maximum atomic E-state index is 12.4. The fourth-order valence-corrected chi connectivity index (χ4v) is 4.66. The van der Waals surface area contributed by atoms with Crippen LogP contribution in [-0.4, -0.2) is 21.1 Å². The molecule has 0 bridgehead atoms. The maximum absolute atomic E-state index is 12.4. The van der Waals surface area contributed by atoms with Crippen LogP contribution in [0.3, 0.4) is 0 Å². The first-order valence-electron chi connectivity index (χ1n) is 9.40. The van der Waals surface area contributed by atoms with Gasteiger partial charge in [-0.1, -0.05) is 36.9 Å². The first-order valence-corrected chi connectivity index (χ1v) is 11.3. The van der Waals surface area contributed by atoms with E-state index in [-0.39, 0.29) is 5.91 Å². The molecular weight excluding hydrogens is 420 g/mol. The summed E-state index contributed by atoms with van der Waals surface area (Å²) in [6.07, 6.45) is 2.43. The van der Waals surface area contributed by atoms with E-state index in [1.165, 1.54) is 23.1 Å². The third kappa shape index (κ3) is 4.17. The van der Waals surface area contributed by atoms with Crippen LogP contribution >= 0.6 is 23.1 Å². The van der Waals surface area contributed by atoms with Crippen LogP contribution in [0.1, 0.15) is 30.9 Å². The largest absolute Gasteiger partial charge is 0.469 e. The van der Waals surface area contributed by atoms with Crippen molar-refractivity contribution < 1.29 is 13.6 Å². The van der Waals surface area contributed by atoms with Crippen LogP contribution in [0, 0.1) is 6.92 Å². The molecule has 0 N–H and O–H groups in total. The highest BCUT2D eigenvalue weighted by Gasteiger charge is 2.20. The molecule has 0 radical (unpaired) electrons. The Labute approximate surface area is 182 Å². The Morgan fingerprint density at radius 1 is 1.23 bits per heavy atom. The number of carbonyl (C=O) groups is 1. The topological polar surface area (TPSA) is 85.3 Å². The molecular formula is C21H20N4O3S2. The predicted octanol–water partition coefficient (Wildman–Crippen LogP) is 5.63. The molecule has 0 aliphatic carbocycles. The first kappa shape index (κ1) is 20.4. The number of aromatic nitrogens is 3. The second kappa shape index (κ2) is 8.85. The molecule has 0 unspecified atom stereocenters. The lowest BCUT2D eigenvalue weighted by Gasteiger charge is -2.20. The molecule has 154 valence electrons. The Kier molecular flexibility index (Phi) is 6.01. The lowest BCUT2D eigenvalue weighted by atomic mass is 10.1. The molecule has 0 saturated heterocycles. The van der Waals surface area contributed by atoms with Gasteiger partial charge in [0.15, 0.2) is 5.13 Å². The number of amides is 1. The molecule has 4 aromatic rings. The molecule has 0 aliphatic heterocycles. The second-order valence-corrected chi connectivity index (χ2v) is 8.27. The van der Waals surface area contributed by atoms with Gasteiger partial charge in [0.05, 0.1) is 23.2 Å². The van der Waals surface area contributed by atoms with Gasteiger partial charge in [0.1, 0.15) is 5.76 Å². The molecule has 0 spiro atoms. The van der Waals surface area contributed by atoms with Crippen LogP contribution in [0.15, 0.2) is 56.0 Å². The van der Waals surface area contributed by atoms with E-state index in [0.717, 1.165) is 34.7 Å². The van der Waals surface area contributed by atoms with Crippen LogP contribution in [0.2, 0.25) is 0 Å². The Balaban J connectivity index is 1.49. The van der Waals surface area contributed by atoms with E-state index >= 15 is 0 Å². The number of aryl methyl sites for hydroxylation is 2. The average Bonchev–Trinajstić information content (AvgIpc) is 3.48. The molecule has 30 heavy (non-hydrogen) atoms. The minimum atomic E-state index is -0.0681. The van der Waals surface area contributed by atoms with Crippen molar-refractivity contribution in [3.8, 4) is 11.5 Å². The smallest absolute Gasteiger partial charge is 0.277 e. The van der Waals surface area contributed by atoms with Crippen LogP contribution in [0.4, 0.5) is 10.8 Å². The standard InChI is InChI=1S/C21H20N4O3S2/c1-4-15-7-5-6-8-18(15)25(14(3)26)20-22-16(11-29-20)12-30-21-24-23-19(28-21)17-9-10-27-13(17)2/h5-11H,4,12H2,1-3H3. The lowest BCUT2D eigenvalue weighted by Crippen LogP contribution is -2.23. The van der Waals surface area contributed by atoms with E-state index in [1.807, 2.05) is 36.6 Å². The zero-order valence-electron chi connectivity index (χ0n) is 16.8. The number of hydrogen-bond donors (Lipinski definition) is 0. The van der Waals surface area contributed by atoms with E-state index < -0.39 is 0 Å². The third-order valence-corrected chi connectivity index (χ3v) is 6.23. The van der Waals surface area contributed by atoms with Crippen molar-refractivity contribution in [3.05, 3.63) is 59.0 Å². The fraction of sp³-hybridized carbons (Fsp3) is 0.238. The molecule has 7 nitrogen and oxygen atoms in total. The number of rotatable bonds is 7. The van der Waals surface area contributed by atoms with Crippen LogP contribution in [0.5, 0.6) is 0 Å². The summed E-state index contributed by atoms with van der Waals surface area (Å²) in [7, 11) is 0. The van der Waals surface area contributed by atoms with E-state index in [1.54, 1.807) is 24.2 Å². The molecule has 0 atom stereocenters. The van der Waals surface area contributed by atoms with Crippen molar-refractivity contribution in [2.45, 2.75) is 38.2 Å². The summed E-state index contributed by atoms with van der Waals surface area (Å²) < 4.78 is 11.0. The second-order valence-electron chi connectivity index (χ2n) is 6.51. The summed E-state index contributed by atoms with van der Waals surface area (Å²) in [6.45, 7) is 5.48. The highest BCUT2D eigenvalue weighted by molar-refractivity contribution is 7.98. The Bertz CT molecular complexity index is 1160. The van der Waals surface area contributed by atoms with Gasteiger partial charge < -0.3 is 8.83 Å². The normalized spacial score (nSPS) is 11.0. The number of benzene rings is 1. The number of furan rings is 1. The molecule has 0 saturated carbocycles. The minimum absolute atomic E-state index is 0.0681. The maximum Gasteiger partial charge on any atom is 0.277 e. The van der Waals surface area contributed by atoms with Gasteiger partial charge in [-0.3, -0.25) is 9.69 Å². The molecule has 0 aliphatic rings. The number of thioether (sulfide) groups is 1. The molecule has 1 aromatic carbocycles. The highest BCUT2D eigenvalue weighted by atomic mass is 32.2. The van der Waals surface area contributed by atoms with Gasteiger partial charge in [0.25, 0.3) is 11.1 Å². The number of anilines is 2. The van der Waals surface area contributed by atoms with Gasteiger partial charge in [-0.05, 0) is 31.0 Å². The van der Waals surface area contributed by atoms with Crippen molar-refractivity contribution >= 4 is 39.8 Å².